The first-order valence-corrected chi connectivity index (χ1v) is 16.2. The van der Waals surface area contributed by atoms with Crippen LogP contribution in [0.15, 0.2) is 71.1 Å². The molecule has 0 spiro atoms. The summed E-state index contributed by atoms with van der Waals surface area (Å²) in [5, 5.41) is 21.0. The molecule has 2 bridgehead atoms. The van der Waals surface area contributed by atoms with Gasteiger partial charge >= 0.3 is 11.9 Å². The maximum absolute atomic E-state index is 14.2. The van der Waals surface area contributed by atoms with Gasteiger partial charge in [0.15, 0.2) is 0 Å². The second kappa shape index (κ2) is 12.8. The number of piperazine rings is 1. The zero-order valence-corrected chi connectivity index (χ0v) is 27.0. The minimum Gasteiger partial charge on any atom is -0.478 e. The lowest BCUT2D eigenvalue weighted by molar-refractivity contribution is -0.136. The van der Waals surface area contributed by atoms with Gasteiger partial charge in [-0.2, -0.15) is 0 Å². The van der Waals surface area contributed by atoms with Gasteiger partial charge in [-0.15, -0.1) is 0 Å². The molecule has 3 unspecified atom stereocenters. The van der Waals surface area contributed by atoms with Crippen LogP contribution in [0.2, 0.25) is 10.0 Å². The van der Waals surface area contributed by atoms with Crippen LogP contribution in [-0.4, -0.2) is 99.0 Å². The third-order valence-electron chi connectivity index (χ3n) is 10.2. The summed E-state index contributed by atoms with van der Waals surface area (Å²) < 4.78 is 0. The molecule has 4 heterocycles. The van der Waals surface area contributed by atoms with Gasteiger partial charge < -0.3 is 20.0 Å². The number of amides is 1. The first-order valence-electron chi connectivity index (χ1n) is 15.5. The molecule has 4 aliphatic rings. The average molecular weight is 654 g/mol. The molecule has 0 aliphatic carbocycles. The SMILES string of the molecule is CC1=C(C(=O)O)C(c2c(Cl)cccc2Cl)C(C(=O)O)=C(C(=O)N2CCN(C3CC4CCC(C3)N4Cc3ccccc3)CC2)N1C. The minimum atomic E-state index is -1.39. The van der Waals surface area contributed by atoms with Gasteiger partial charge in [-0.1, -0.05) is 59.6 Å². The number of hydrogen-bond acceptors (Lipinski definition) is 6. The van der Waals surface area contributed by atoms with E-state index in [1.807, 2.05) is 0 Å². The van der Waals surface area contributed by atoms with Crippen molar-refractivity contribution in [2.75, 3.05) is 33.2 Å². The molecular formula is C34H38Cl2N4O5. The van der Waals surface area contributed by atoms with Crippen molar-refractivity contribution in [1.82, 2.24) is 19.6 Å². The van der Waals surface area contributed by atoms with Crippen molar-refractivity contribution in [3.8, 4) is 0 Å². The summed E-state index contributed by atoms with van der Waals surface area (Å²) in [5.41, 5.74) is 1.18. The van der Waals surface area contributed by atoms with Crippen LogP contribution >= 0.6 is 23.2 Å². The summed E-state index contributed by atoms with van der Waals surface area (Å²) in [6.45, 7) is 4.86. The molecule has 0 saturated carbocycles. The third-order valence-corrected chi connectivity index (χ3v) is 10.9. The molecule has 6 rings (SSSR count). The molecule has 2 N–H and O–H groups in total. The quantitative estimate of drug-likeness (QED) is 0.428. The summed E-state index contributed by atoms with van der Waals surface area (Å²) in [6.07, 6.45) is 4.65. The van der Waals surface area contributed by atoms with Gasteiger partial charge in [0.1, 0.15) is 5.70 Å². The topological polar surface area (TPSA) is 105 Å². The Labute approximate surface area is 273 Å². The smallest absolute Gasteiger partial charge is 0.334 e. The number of fused-ring (bicyclic) bond motifs is 2. The van der Waals surface area contributed by atoms with E-state index in [-0.39, 0.29) is 38.1 Å². The van der Waals surface area contributed by atoms with Crippen LogP contribution in [0.3, 0.4) is 0 Å². The zero-order valence-electron chi connectivity index (χ0n) is 25.5. The molecule has 45 heavy (non-hydrogen) atoms. The first kappa shape index (κ1) is 31.6. The zero-order chi connectivity index (χ0) is 32.0. The highest BCUT2D eigenvalue weighted by Crippen LogP contribution is 2.47. The molecule has 9 nitrogen and oxygen atoms in total. The molecule has 3 atom stereocenters. The van der Waals surface area contributed by atoms with E-state index in [2.05, 4.69) is 40.1 Å². The standard InChI is InChI=1S/C34H38Cl2N4O5/c1-20-27(33(42)43)29(28-25(35)9-6-10-26(28)36)30(34(44)45)31(37(20)2)32(41)39-15-13-38(14-16-39)24-17-22-11-12-23(18-24)40(22)19-21-7-4-3-5-8-21/h3-10,22-24,29H,11-19H2,1-2H3,(H,42,43)(H,44,45). The van der Waals surface area contributed by atoms with Gasteiger partial charge in [0.25, 0.3) is 5.91 Å². The van der Waals surface area contributed by atoms with Gasteiger partial charge in [-0.3, -0.25) is 14.6 Å². The van der Waals surface area contributed by atoms with Gasteiger partial charge in [-0.25, -0.2) is 9.59 Å². The summed E-state index contributed by atoms with van der Waals surface area (Å²) in [7, 11) is 1.54. The Morgan fingerprint density at radius 2 is 1.38 bits per heavy atom. The first-order chi connectivity index (χ1) is 21.6. The number of likely N-dealkylation sites (N-methyl/N-ethyl adjacent to an activating group) is 1. The molecule has 238 valence electrons. The fraction of sp³-hybridized carbons (Fsp3) is 0.441. The van der Waals surface area contributed by atoms with Crippen LogP contribution in [0, 0.1) is 0 Å². The van der Waals surface area contributed by atoms with E-state index < -0.39 is 23.8 Å². The van der Waals surface area contributed by atoms with Crippen LogP contribution in [0.25, 0.3) is 0 Å². The van der Waals surface area contributed by atoms with Crippen molar-refractivity contribution in [1.29, 1.82) is 0 Å². The van der Waals surface area contributed by atoms with E-state index in [0.717, 1.165) is 19.4 Å². The molecule has 2 aromatic carbocycles. The largest absolute Gasteiger partial charge is 0.478 e. The molecule has 11 heteroatoms. The second-order valence-corrected chi connectivity index (χ2v) is 13.3. The number of nitrogens with zero attached hydrogens (tertiary/aromatic N) is 4. The number of halogens is 2. The number of carbonyl (C=O) groups excluding carboxylic acids is 1. The average Bonchev–Trinajstić information content (AvgIpc) is 3.23. The van der Waals surface area contributed by atoms with Crippen molar-refractivity contribution in [3.63, 3.8) is 0 Å². The molecule has 1 amide bonds. The van der Waals surface area contributed by atoms with E-state index in [9.17, 15) is 24.6 Å². The number of carboxylic acids is 2. The lowest BCUT2D eigenvalue weighted by Gasteiger charge is -2.46. The Balaban J connectivity index is 1.21. The normalized spacial score (nSPS) is 26.0. The third kappa shape index (κ3) is 5.87. The maximum Gasteiger partial charge on any atom is 0.334 e. The Kier molecular flexibility index (Phi) is 8.98. The Bertz CT molecular complexity index is 1540. The Morgan fingerprint density at radius 3 is 1.93 bits per heavy atom. The van der Waals surface area contributed by atoms with E-state index in [4.69, 9.17) is 23.2 Å². The van der Waals surface area contributed by atoms with E-state index >= 15 is 0 Å². The van der Waals surface area contributed by atoms with Crippen LogP contribution in [-0.2, 0) is 20.9 Å². The molecule has 3 saturated heterocycles. The highest BCUT2D eigenvalue weighted by Gasteiger charge is 2.46. The van der Waals surface area contributed by atoms with Crippen molar-refractivity contribution in [3.05, 3.63) is 92.2 Å². The Morgan fingerprint density at radius 1 is 0.800 bits per heavy atom. The van der Waals surface area contributed by atoms with Crippen LogP contribution in [0.1, 0.15) is 49.7 Å². The van der Waals surface area contributed by atoms with E-state index in [1.165, 1.54) is 42.5 Å². The minimum absolute atomic E-state index is 0.0632. The number of aliphatic carboxylic acids is 2. The molecule has 3 fully saturated rings. The van der Waals surface area contributed by atoms with Crippen molar-refractivity contribution < 1.29 is 24.6 Å². The molecular weight excluding hydrogens is 615 g/mol. The number of benzene rings is 2. The number of hydrogen-bond donors (Lipinski definition) is 2. The molecule has 2 aromatic rings. The fourth-order valence-corrected chi connectivity index (χ4v) is 8.51. The molecule has 0 radical (unpaired) electrons. The van der Waals surface area contributed by atoms with Crippen molar-refractivity contribution in [2.24, 2.45) is 0 Å². The van der Waals surface area contributed by atoms with Gasteiger partial charge in [0, 0.05) is 79.2 Å². The van der Waals surface area contributed by atoms with Gasteiger partial charge in [-0.05, 0) is 50.3 Å². The number of allylic oxidation sites excluding steroid dienone is 1. The fourth-order valence-electron chi connectivity index (χ4n) is 7.89. The van der Waals surface area contributed by atoms with Crippen LogP contribution in [0.4, 0.5) is 0 Å². The van der Waals surface area contributed by atoms with Gasteiger partial charge in [0.05, 0.1) is 17.1 Å². The molecule has 4 aliphatic heterocycles. The number of carboxylic acid groups (broad SMARTS) is 2. The second-order valence-electron chi connectivity index (χ2n) is 12.5. The lowest BCUT2D eigenvalue weighted by Crippen LogP contribution is -2.57. The van der Waals surface area contributed by atoms with Crippen LogP contribution in [0.5, 0.6) is 0 Å². The van der Waals surface area contributed by atoms with Crippen molar-refractivity contribution >= 4 is 41.0 Å². The predicted octanol–water partition coefficient (Wildman–Crippen LogP) is 5.06. The highest BCUT2D eigenvalue weighted by molar-refractivity contribution is 6.36. The number of piperidine rings is 1. The monoisotopic (exact) mass is 652 g/mol. The number of carbonyl (C=O) groups is 3. The molecule has 0 aromatic heterocycles. The van der Waals surface area contributed by atoms with E-state index in [1.54, 1.807) is 17.9 Å². The number of rotatable bonds is 7. The lowest BCUT2D eigenvalue weighted by atomic mass is 9.79. The Hall–Kier alpha value is -3.37. The highest BCUT2D eigenvalue weighted by atomic mass is 35.5. The van der Waals surface area contributed by atoms with Crippen LogP contribution < -0.4 is 0 Å². The predicted molar refractivity (Wildman–Crippen MR) is 172 cm³/mol. The summed E-state index contributed by atoms with van der Waals surface area (Å²) in [6, 6.07) is 16.9. The maximum atomic E-state index is 14.2. The van der Waals surface area contributed by atoms with E-state index in [0.29, 0.717) is 44.3 Å². The van der Waals surface area contributed by atoms with Gasteiger partial charge in [0.2, 0.25) is 0 Å². The summed E-state index contributed by atoms with van der Waals surface area (Å²) in [5.74, 6) is -4.46. The summed E-state index contributed by atoms with van der Waals surface area (Å²) >= 11 is 13.0. The summed E-state index contributed by atoms with van der Waals surface area (Å²) in [4.78, 5) is 47.8. The van der Waals surface area contributed by atoms with Crippen molar-refractivity contribution in [2.45, 2.75) is 63.2 Å².